The van der Waals surface area contributed by atoms with Crippen LogP contribution in [0, 0.1) is 5.92 Å². The van der Waals surface area contributed by atoms with Crippen LogP contribution in [-0.4, -0.2) is 67.1 Å². The van der Waals surface area contributed by atoms with Gasteiger partial charge in [-0.1, -0.05) is 48.5 Å². The van der Waals surface area contributed by atoms with Gasteiger partial charge in [0.2, 0.25) is 5.78 Å². The van der Waals surface area contributed by atoms with Crippen LogP contribution in [0.2, 0.25) is 0 Å². The molecule has 3 aromatic rings. The fourth-order valence-corrected chi connectivity index (χ4v) is 6.35. The summed E-state index contributed by atoms with van der Waals surface area (Å²) >= 11 is 1.40. The summed E-state index contributed by atoms with van der Waals surface area (Å²) in [5, 5.41) is 2.43. The van der Waals surface area contributed by atoms with Gasteiger partial charge in [0, 0.05) is 49.6 Å². The summed E-state index contributed by atoms with van der Waals surface area (Å²) < 4.78 is 6.99. The number of benzene rings is 2. The number of rotatable bonds is 10. The van der Waals surface area contributed by atoms with Crippen LogP contribution in [0.4, 0.5) is 5.69 Å². The van der Waals surface area contributed by atoms with Crippen LogP contribution < -0.4 is 4.90 Å². The van der Waals surface area contributed by atoms with Crippen LogP contribution in [0.25, 0.3) is 0 Å². The second kappa shape index (κ2) is 10.9. The minimum atomic E-state index is -0.321. The molecule has 7 heteroatoms. The van der Waals surface area contributed by atoms with E-state index >= 15 is 0 Å². The monoisotopic (exact) mass is 504 g/mol. The number of nitrogens with zero attached hydrogens (tertiary/aromatic N) is 3. The summed E-state index contributed by atoms with van der Waals surface area (Å²) in [5.74, 6) is 0.0119. The number of fused-ring (bicyclic) bond motifs is 3. The van der Waals surface area contributed by atoms with E-state index in [1.165, 1.54) is 11.3 Å². The number of ether oxygens (including phenoxy) is 1. The van der Waals surface area contributed by atoms with Crippen molar-refractivity contribution >= 4 is 28.8 Å². The lowest BCUT2D eigenvalue weighted by atomic mass is 9.82. The van der Waals surface area contributed by atoms with Gasteiger partial charge in [-0.25, -0.2) is 4.98 Å². The number of Topliss-reactive ketones (excluding diaryl/α,β-unsaturated/α-hetero) is 1. The fourth-order valence-electron chi connectivity index (χ4n) is 5.78. The minimum Gasteiger partial charge on any atom is -0.456 e. The van der Waals surface area contributed by atoms with Gasteiger partial charge in [-0.2, -0.15) is 0 Å². The maximum Gasteiger partial charge on any atom is 0.313 e. The maximum absolute atomic E-state index is 13.6. The van der Waals surface area contributed by atoms with Crippen LogP contribution in [-0.2, 0) is 9.53 Å². The third-order valence-corrected chi connectivity index (χ3v) is 8.71. The summed E-state index contributed by atoms with van der Waals surface area (Å²) in [5.41, 5.74) is 2.12. The summed E-state index contributed by atoms with van der Waals surface area (Å²) in [6.07, 6.45) is 4.21. The Hall–Kier alpha value is -3.03. The van der Waals surface area contributed by atoms with E-state index in [1.54, 1.807) is 6.20 Å². The molecule has 3 saturated heterocycles. The average molecular weight is 505 g/mol. The average Bonchev–Trinajstić information content (AvgIpc) is 3.46. The first-order valence-electron chi connectivity index (χ1n) is 12.8. The highest BCUT2D eigenvalue weighted by molar-refractivity contribution is 7.11. The van der Waals surface area contributed by atoms with Gasteiger partial charge >= 0.3 is 5.97 Å². The molecule has 4 heterocycles. The number of ketones is 1. The first-order chi connectivity index (χ1) is 17.5. The molecule has 0 N–H and O–H groups in total. The van der Waals surface area contributed by atoms with Gasteiger partial charge in [-0.15, -0.1) is 11.3 Å². The topological polar surface area (TPSA) is 59.5 Å². The van der Waals surface area contributed by atoms with Gasteiger partial charge in [0.1, 0.15) is 13.1 Å². The Morgan fingerprint density at radius 2 is 1.78 bits per heavy atom. The fraction of sp³-hybridized carbons (Fsp3) is 0.414. The van der Waals surface area contributed by atoms with Crippen molar-refractivity contribution in [1.82, 2.24) is 4.98 Å². The second-order valence-corrected chi connectivity index (χ2v) is 11.1. The molecule has 3 aliphatic rings. The lowest BCUT2D eigenvalue weighted by molar-refractivity contribution is -0.938. The molecule has 2 unspecified atom stereocenters. The van der Waals surface area contributed by atoms with Gasteiger partial charge in [0.25, 0.3) is 0 Å². The molecule has 6 nitrogen and oxygen atoms in total. The van der Waals surface area contributed by atoms with Crippen LogP contribution >= 0.6 is 11.3 Å². The van der Waals surface area contributed by atoms with Crippen LogP contribution in [0.1, 0.15) is 40.5 Å². The SMILES string of the molecule is CN(CCC(C(=O)OC1C[N+]2(CC(=O)c3nccs3)CCC1CC2)c1ccccc1)c1ccccc1. The Kier molecular flexibility index (Phi) is 7.48. The van der Waals surface area contributed by atoms with E-state index in [4.69, 9.17) is 4.74 Å². The predicted octanol–water partition coefficient (Wildman–Crippen LogP) is 4.79. The highest BCUT2D eigenvalue weighted by Gasteiger charge is 2.49. The highest BCUT2D eigenvalue weighted by Crippen LogP contribution is 2.37. The number of hydrogen-bond acceptors (Lipinski definition) is 6. The molecule has 36 heavy (non-hydrogen) atoms. The Morgan fingerprint density at radius 1 is 1.08 bits per heavy atom. The van der Waals surface area contributed by atoms with Crippen molar-refractivity contribution in [3.8, 4) is 0 Å². The van der Waals surface area contributed by atoms with Crippen molar-refractivity contribution in [2.45, 2.75) is 31.3 Å². The molecular formula is C29H34N3O3S+. The molecule has 0 radical (unpaired) electrons. The normalized spacial score (nSPS) is 23.7. The summed E-state index contributed by atoms with van der Waals surface area (Å²) in [6.45, 7) is 3.85. The van der Waals surface area contributed by atoms with Crippen molar-refractivity contribution in [1.29, 1.82) is 0 Å². The Labute approximate surface area is 217 Å². The van der Waals surface area contributed by atoms with E-state index in [1.807, 2.05) is 53.9 Å². The van der Waals surface area contributed by atoms with Crippen molar-refractivity contribution in [2.24, 2.45) is 5.92 Å². The van der Waals surface area contributed by atoms with Crippen molar-refractivity contribution in [3.05, 3.63) is 82.8 Å². The van der Waals surface area contributed by atoms with E-state index in [2.05, 4.69) is 29.1 Å². The predicted molar refractivity (Wildman–Crippen MR) is 142 cm³/mol. The van der Waals surface area contributed by atoms with E-state index in [9.17, 15) is 9.59 Å². The molecule has 0 spiro atoms. The zero-order chi connectivity index (χ0) is 25.0. The Bertz CT molecular complexity index is 1150. The largest absolute Gasteiger partial charge is 0.456 e. The minimum absolute atomic E-state index is 0.0986. The lowest BCUT2D eigenvalue weighted by Gasteiger charge is -2.51. The summed E-state index contributed by atoms with van der Waals surface area (Å²) in [7, 11) is 2.06. The Balaban J connectivity index is 1.27. The Morgan fingerprint density at radius 3 is 2.44 bits per heavy atom. The molecular weight excluding hydrogens is 470 g/mol. The first kappa shape index (κ1) is 24.7. The number of carbonyl (C=O) groups excluding carboxylic acids is 2. The molecule has 0 saturated carbocycles. The van der Waals surface area contributed by atoms with Crippen LogP contribution in [0.5, 0.6) is 0 Å². The molecule has 3 fully saturated rings. The van der Waals surface area contributed by atoms with Crippen molar-refractivity contribution in [2.75, 3.05) is 44.7 Å². The number of aromatic nitrogens is 1. The zero-order valence-corrected chi connectivity index (χ0v) is 21.6. The number of hydrogen-bond donors (Lipinski definition) is 0. The van der Waals surface area contributed by atoms with Gasteiger partial charge in [-0.3, -0.25) is 9.59 Å². The number of esters is 1. The quantitative estimate of drug-likeness (QED) is 0.226. The molecule has 0 amide bonds. The third kappa shape index (κ3) is 5.52. The molecule has 6 rings (SSSR count). The summed E-state index contributed by atoms with van der Waals surface area (Å²) in [4.78, 5) is 32.9. The van der Waals surface area contributed by atoms with E-state index < -0.39 is 0 Å². The third-order valence-electron chi connectivity index (χ3n) is 7.90. The lowest BCUT2D eigenvalue weighted by Crippen LogP contribution is -2.65. The molecule has 1 aromatic heterocycles. The molecule has 0 aliphatic carbocycles. The van der Waals surface area contributed by atoms with Gasteiger partial charge in [0.15, 0.2) is 11.1 Å². The number of quaternary nitrogens is 1. The van der Waals surface area contributed by atoms with Gasteiger partial charge < -0.3 is 14.1 Å². The van der Waals surface area contributed by atoms with E-state index in [0.717, 1.165) is 50.3 Å². The van der Waals surface area contributed by atoms with Gasteiger partial charge in [-0.05, 0) is 24.1 Å². The smallest absolute Gasteiger partial charge is 0.313 e. The number of piperidine rings is 3. The van der Waals surface area contributed by atoms with Crippen molar-refractivity contribution in [3.63, 3.8) is 0 Å². The second-order valence-electron chi connectivity index (χ2n) is 10.2. The van der Waals surface area contributed by atoms with E-state index in [-0.39, 0.29) is 23.8 Å². The maximum atomic E-state index is 13.6. The molecule has 2 atom stereocenters. The van der Waals surface area contributed by atoms with Crippen molar-refractivity contribution < 1.29 is 18.8 Å². The molecule has 3 aliphatic heterocycles. The number of carbonyl (C=O) groups is 2. The number of anilines is 1. The van der Waals surface area contributed by atoms with Crippen LogP contribution in [0.3, 0.4) is 0 Å². The number of para-hydroxylation sites is 1. The van der Waals surface area contributed by atoms with Gasteiger partial charge in [0.05, 0.1) is 19.0 Å². The zero-order valence-electron chi connectivity index (χ0n) is 20.8. The molecule has 2 aromatic carbocycles. The van der Waals surface area contributed by atoms with Crippen LogP contribution in [0.15, 0.2) is 72.2 Å². The first-order valence-corrected chi connectivity index (χ1v) is 13.7. The molecule has 188 valence electrons. The summed E-state index contributed by atoms with van der Waals surface area (Å²) in [6, 6.07) is 20.2. The highest BCUT2D eigenvalue weighted by atomic mass is 32.1. The molecule has 2 bridgehead atoms. The van der Waals surface area contributed by atoms with E-state index in [0.29, 0.717) is 28.4 Å². The standard InChI is InChI=1S/C29H34N3O3S/c1-31(24-10-6-3-7-11-24)16-12-25(22-8-4-2-5-9-22)29(34)35-27-21-32(17-13-23(27)14-18-32)20-26(33)28-30-15-19-36-28/h2-11,15,19,23,25,27H,12-14,16-18,20-21H2,1H3/q+1. The number of thiazole rings is 1.